The van der Waals surface area contributed by atoms with Crippen molar-refractivity contribution in [1.29, 1.82) is 0 Å². The number of nitrogens with zero attached hydrogens (tertiary/aromatic N) is 4. The number of imidazole rings is 1. The summed E-state index contributed by atoms with van der Waals surface area (Å²) in [5.74, 6) is 0.154. The van der Waals surface area contributed by atoms with Crippen LogP contribution in [0.3, 0.4) is 0 Å². The normalized spacial score (nSPS) is 11.2. The molecule has 1 amide bonds. The Labute approximate surface area is 204 Å². The number of carbonyl (C=O) groups excluding carboxylic acids is 1. The van der Waals surface area contributed by atoms with E-state index in [2.05, 4.69) is 15.0 Å². The lowest BCUT2D eigenvalue weighted by Gasteiger charge is -2.12. The van der Waals surface area contributed by atoms with Crippen LogP contribution in [0.5, 0.6) is 0 Å². The van der Waals surface area contributed by atoms with E-state index < -0.39 is 0 Å². The number of fused-ring (bicyclic) bond motifs is 2. The van der Waals surface area contributed by atoms with E-state index in [1.165, 1.54) is 16.4 Å². The lowest BCUT2D eigenvalue weighted by atomic mass is 10.2. The zero-order chi connectivity index (χ0) is 23.7. The highest BCUT2D eigenvalue weighted by atomic mass is 35.5. The van der Waals surface area contributed by atoms with E-state index in [0.29, 0.717) is 33.5 Å². The molecular weight excluding hydrogens is 470 g/mol. The number of hydrogen-bond acceptors (Lipinski definition) is 5. The van der Waals surface area contributed by atoms with Gasteiger partial charge in [-0.05, 0) is 42.8 Å². The smallest absolute Gasteiger partial charge is 0.280 e. The summed E-state index contributed by atoms with van der Waals surface area (Å²) in [6, 6.07) is 22.7. The van der Waals surface area contributed by atoms with Crippen molar-refractivity contribution in [2.75, 3.05) is 11.2 Å². The number of halogens is 1. The van der Waals surface area contributed by atoms with Crippen LogP contribution < -0.4 is 11.0 Å². The van der Waals surface area contributed by atoms with Crippen molar-refractivity contribution in [1.82, 2.24) is 19.2 Å². The number of para-hydroxylation sites is 1. The average molecular weight is 490 g/mol. The van der Waals surface area contributed by atoms with E-state index in [1.807, 2.05) is 54.6 Å². The van der Waals surface area contributed by atoms with E-state index in [4.69, 9.17) is 16.6 Å². The van der Waals surface area contributed by atoms with Gasteiger partial charge in [0.15, 0.2) is 5.16 Å². The molecule has 7 nitrogen and oxygen atoms in total. The van der Waals surface area contributed by atoms with Gasteiger partial charge in [-0.1, -0.05) is 65.8 Å². The largest absolute Gasteiger partial charge is 0.314 e. The first-order valence-corrected chi connectivity index (χ1v) is 12.0. The minimum atomic E-state index is -0.330. The Morgan fingerprint density at radius 2 is 1.76 bits per heavy atom. The van der Waals surface area contributed by atoms with E-state index >= 15 is 0 Å². The van der Waals surface area contributed by atoms with Gasteiger partial charge in [0.1, 0.15) is 5.82 Å². The minimum Gasteiger partial charge on any atom is -0.314 e. The quantitative estimate of drug-likeness (QED) is 0.352. The molecule has 0 saturated heterocycles. The second-order valence-corrected chi connectivity index (χ2v) is 9.12. The molecule has 0 radical (unpaired) electrons. The van der Waals surface area contributed by atoms with Crippen LogP contribution >= 0.6 is 23.4 Å². The fourth-order valence-electron chi connectivity index (χ4n) is 3.77. The van der Waals surface area contributed by atoms with Crippen molar-refractivity contribution in [3.8, 4) is 0 Å². The highest BCUT2D eigenvalue weighted by Gasteiger charge is 2.16. The molecule has 5 rings (SSSR count). The van der Waals surface area contributed by atoms with Gasteiger partial charge in [-0.25, -0.2) is 14.6 Å². The van der Waals surface area contributed by atoms with Crippen LogP contribution in [-0.4, -0.2) is 30.9 Å². The Balaban J connectivity index is 1.40. The molecule has 9 heteroatoms. The second kappa shape index (κ2) is 9.32. The summed E-state index contributed by atoms with van der Waals surface area (Å²) in [5, 5.41) is 1.74. The molecule has 0 aliphatic rings. The standard InChI is InChI=1S/C25H20ClN5O2S/c1-16-27-20-10-6-5-9-19(20)24(33)31(16)29-23(32)15-34-25-28-21-13-18(26)11-12-22(21)30(25)14-17-7-3-2-4-8-17/h2-13H,14-15H2,1H3,(H,29,32). The molecular formula is C25H20ClN5O2S. The molecule has 0 aliphatic heterocycles. The summed E-state index contributed by atoms with van der Waals surface area (Å²) in [6.07, 6.45) is 0. The molecule has 0 atom stereocenters. The second-order valence-electron chi connectivity index (χ2n) is 7.74. The molecule has 0 aliphatic carbocycles. The molecule has 2 aromatic heterocycles. The zero-order valence-electron chi connectivity index (χ0n) is 18.2. The molecule has 0 bridgehead atoms. The third-order valence-corrected chi connectivity index (χ3v) is 6.58. The highest BCUT2D eigenvalue weighted by Crippen LogP contribution is 2.27. The highest BCUT2D eigenvalue weighted by molar-refractivity contribution is 7.99. The first kappa shape index (κ1) is 22.2. The number of aromatic nitrogens is 4. The molecule has 3 aromatic carbocycles. The molecule has 170 valence electrons. The van der Waals surface area contributed by atoms with Crippen LogP contribution in [0, 0.1) is 6.92 Å². The van der Waals surface area contributed by atoms with Crippen molar-refractivity contribution < 1.29 is 4.79 Å². The fourth-order valence-corrected chi connectivity index (χ4v) is 4.74. The number of nitrogens with one attached hydrogen (secondary N) is 1. The Bertz CT molecular complexity index is 1580. The van der Waals surface area contributed by atoms with Gasteiger partial charge >= 0.3 is 0 Å². The van der Waals surface area contributed by atoms with Gasteiger partial charge in [0.2, 0.25) is 5.91 Å². The van der Waals surface area contributed by atoms with Gasteiger partial charge in [0.25, 0.3) is 5.56 Å². The van der Waals surface area contributed by atoms with Crippen LogP contribution in [-0.2, 0) is 11.3 Å². The number of thioether (sulfide) groups is 1. The Hall–Kier alpha value is -3.62. The number of amides is 1. The van der Waals surface area contributed by atoms with Gasteiger partial charge < -0.3 is 4.57 Å². The molecule has 2 heterocycles. The maximum absolute atomic E-state index is 12.8. The first-order valence-electron chi connectivity index (χ1n) is 10.6. The Kier molecular flexibility index (Phi) is 6.08. The summed E-state index contributed by atoms with van der Waals surface area (Å²) >= 11 is 7.47. The lowest BCUT2D eigenvalue weighted by Crippen LogP contribution is -2.36. The maximum atomic E-state index is 12.8. The van der Waals surface area contributed by atoms with Gasteiger partial charge in [-0.15, -0.1) is 0 Å². The molecule has 0 saturated carbocycles. The van der Waals surface area contributed by atoms with E-state index in [-0.39, 0.29) is 17.2 Å². The number of hydrogen-bond donors (Lipinski definition) is 1. The number of carbonyl (C=O) groups is 1. The molecule has 0 fully saturated rings. The van der Waals surface area contributed by atoms with E-state index in [9.17, 15) is 9.59 Å². The first-order chi connectivity index (χ1) is 16.5. The predicted octanol–water partition coefficient (Wildman–Crippen LogP) is 4.62. The summed E-state index contributed by atoms with van der Waals surface area (Å²) in [4.78, 5) is 34.7. The summed E-state index contributed by atoms with van der Waals surface area (Å²) in [5.41, 5.74) is 5.77. The molecule has 0 unspecified atom stereocenters. The van der Waals surface area contributed by atoms with Gasteiger partial charge in [0, 0.05) is 5.02 Å². The number of aryl methyl sites for hydroxylation is 1. The van der Waals surface area contributed by atoms with Crippen molar-refractivity contribution in [3.63, 3.8) is 0 Å². The average Bonchev–Trinajstić information content (AvgIpc) is 3.17. The zero-order valence-corrected chi connectivity index (χ0v) is 19.8. The molecule has 1 N–H and O–H groups in total. The number of rotatable bonds is 6. The molecule has 0 spiro atoms. The van der Waals surface area contributed by atoms with E-state index in [0.717, 1.165) is 16.6 Å². The summed E-state index contributed by atoms with van der Waals surface area (Å²) in [7, 11) is 0. The van der Waals surface area contributed by atoms with Crippen LogP contribution in [0.25, 0.3) is 21.9 Å². The van der Waals surface area contributed by atoms with Crippen molar-refractivity contribution in [2.24, 2.45) is 0 Å². The predicted molar refractivity (Wildman–Crippen MR) is 136 cm³/mol. The molecule has 5 aromatic rings. The maximum Gasteiger partial charge on any atom is 0.280 e. The van der Waals surface area contributed by atoms with Crippen LogP contribution in [0.4, 0.5) is 0 Å². The van der Waals surface area contributed by atoms with Crippen LogP contribution in [0.2, 0.25) is 5.02 Å². The lowest BCUT2D eigenvalue weighted by molar-refractivity contribution is -0.114. The van der Waals surface area contributed by atoms with Crippen molar-refractivity contribution >= 4 is 51.2 Å². The molecule has 34 heavy (non-hydrogen) atoms. The fraction of sp³-hybridized carbons (Fsp3) is 0.120. The van der Waals surface area contributed by atoms with Crippen molar-refractivity contribution in [3.05, 3.63) is 99.6 Å². The third kappa shape index (κ3) is 4.42. The SMILES string of the molecule is Cc1nc2ccccc2c(=O)n1NC(=O)CSc1nc2cc(Cl)ccc2n1Cc1ccccc1. The minimum absolute atomic E-state index is 0.0740. The van der Waals surface area contributed by atoms with Crippen LogP contribution in [0.1, 0.15) is 11.4 Å². The third-order valence-electron chi connectivity index (χ3n) is 5.37. The topological polar surface area (TPSA) is 81.8 Å². The van der Waals surface area contributed by atoms with Gasteiger partial charge in [-0.2, -0.15) is 0 Å². The van der Waals surface area contributed by atoms with Gasteiger partial charge in [-0.3, -0.25) is 15.0 Å². The van der Waals surface area contributed by atoms with E-state index in [1.54, 1.807) is 25.1 Å². The summed E-state index contributed by atoms with van der Waals surface area (Å²) in [6.45, 7) is 2.29. The Morgan fingerprint density at radius 1 is 1.00 bits per heavy atom. The summed E-state index contributed by atoms with van der Waals surface area (Å²) < 4.78 is 3.26. The Morgan fingerprint density at radius 3 is 2.59 bits per heavy atom. The van der Waals surface area contributed by atoms with Gasteiger partial charge in [0.05, 0.1) is 34.2 Å². The number of benzene rings is 3. The van der Waals surface area contributed by atoms with Crippen LogP contribution in [0.15, 0.2) is 82.7 Å². The monoisotopic (exact) mass is 489 g/mol. The van der Waals surface area contributed by atoms with Crippen molar-refractivity contribution in [2.45, 2.75) is 18.6 Å².